The Hall–Kier alpha value is -2.12. The molecule has 0 saturated heterocycles. The maximum Gasteiger partial charge on any atom is 0.175 e. The van der Waals surface area contributed by atoms with Crippen molar-refractivity contribution < 1.29 is 0 Å². The van der Waals surface area contributed by atoms with Crippen LogP contribution in [-0.4, -0.2) is 22.7 Å². The van der Waals surface area contributed by atoms with Crippen LogP contribution < -0.4 is 16.0 Å². The molecule has 136 valence electrons. The molecule has 2 aliphatic rings. The lowest BCUT2D eigenvalue weighted by atomic mass is 10.0. The van der Waals surface area contributed by atoms with Crippen LogP contribution in [0.4, 0.5) is 5.82 Å². The Morgan fingerprint density at radius 2 is 2.08 bits per heavy atom. The summed E-state index contributed by atoms with van der Waals surface area (Å²) in [5, 5.41) is 17.8. The number of aliphatic imine (C=N–C) groups is 1. The minimum Gasteiger partial charge on any atom is -0.337 e. The van der Waals surface area contributed by atoms with Crippen molar-refractivity contribution in [2.75, 3.05) is 5.32 Å². The van der Waals surface area contributed by atoms with E-state index in [2.05, 4.69) is 84.3 Å². The van der Waals surface area contributed by atoms with E-state index in [1.165, 1.54) is 24.1 Å². The first-order chi connectivity index (χ1) is 12.7. The number of allylic oxidation sites excluding steroid dienone is 1. The van der Waals surface area contributed by atoms with Gasteiger partial charge in [0.25, 0.3) is 0 Å². The summed E-state index contributed by atoms with van der Waals surface area (Å²) < 4.78 is 0.874. The fraction of sp³-hybridized carbons (Fsp3) is 0.368. The fourth-order valence-electron chi connectivity index (χ4n) is 3.09. The number of hydrogen-bond donors (Lipinski definition) is 4. The van der Waals surface area contributed by atoms with Crippen LogP contribution in [0.25, 0.3) is 0 Å². The van der Waals surface area contributed by atoms with Crippen LogP contribution in [0.5, 0.6) is 0 Å². The molecule has 2 heterocycles. The van der Waals surface area contributed by atoms with Crippen LogP contribution in [0.1, 0.15) is 49.4 Å². The molecule has 1 saturated carbocycles. The SMILES string of the molecule is CCC(NC1N=CC(Br)=C(Nc2cc(C3CC3)[nH]n2)N1)c1ccccc1. The molecule has 1 aromatic heterocycles. The number of benzene rings is 1. The van der Waals surface area contributed by atoms with Gasteiger partial charge in [0.1, 0.15) is 5.82 Å². The first-order valence-electron chi connectivity index (χ1n) is 9.05. The number of hydrogen-bond acceptors (Lipinski definition) is 5. The third kappa shape index (κ3) is 3.99. The van der Waals surface area contributed by atoms with Gasteiger partial charge in [0.15, 0.2) is 12.1 Å². The molecule has 1 fully saturated rings. The van der Waals surface area contributed by atoms with Crippen molar-refractivity contribution in [3.05, 3.63) is 58.0 Å². The van der Waals surface area contributed by atoms with Gasteiger partial charge in [0.05, 0.1) is 4.48 Å². The van der Waals surface area contributed by atoms with E-state index in [1.807, 2.05) is 12.3 Å². The standard InChI is InChI=1S/C19H23BrN6/c1-2-15(12-6-4-3-5-7-12)22-19-21-11-14(20)18(24-19)23-17-10-16(25-26-17)13-8-9-13/h3-7,10-11,13,15,19,22,24H,2,8-9H2,1H3,(H2,23,25,26). The van der Waals surface area contributed by atoms with Crippen LogP contribution in [0.15, 0.2) is 51.7 Å². The molecule has 6 nitrogen and oxygen atoms in total. The molecule has 26 heavy (non-hydrogen) atoms. The number of anilines is 1. The van der Waals surface area contributed by atoms with E-state index in [-0.39, 0.29) is 12.3 Å². The van der Waals surface area contributed by atoms with Gasteiger partial charge in [-0.15, -0.1) is 0 Å². The van der Waals surface area contributed by atoms with Crippen molar-refractivity contribution in [3.8, 4) is 0 Å². The summed E-state index contributed by atoms with van der Waals surface area (Å²) >= 11 is 3.56. The number of nitrogens with one attached hydrogen (secondary N) is 4. The van der Waals surface area contributed by atoms with Crippen LogP contribution in [0.2, 0.25) is 0 Å². The molecule has 7 heteroatoms. The minimum absolute atomic E-state index is 0.203. The Morgan fingerprint density at radius 1 is 1.27 bits per heavy atom. The molecule has 0 spiro atoms. The van der Waals surface area contributed by atoms with Crippen LogP contribution >= 0.6 is 15.9 Å². The van der Waals surface area contributed by atoms with Gasteiger partial charge < -0.3 is 10.6 Å². The zero-order valence-electron chi connectivity index (χ0n) is 14.7. The molecule has 1 aromatic carbocycles. The topological polar surface area (TPSA) is 77.1 Å². The molecule has 0 amide bonds. The average molecular weight is 415 g/mol. The van der Waals surface area contributed by atoms with Gasteiger partial charge in [-0.2, -0.15) is 5.10 Å². The maximum atomic E-state index is 4.54. The summed E-state index contributed by atoms with van der Waals surface area (Å²) in [6.45, 7) is 2.17. The Bertz CT molecular complexity index is 808. The number of aromatic nitrogens is 2. The predicted molar refractivity (Wildman–Crippen MR) is 108 cm³/mol. The normalized spacial score (nSPS) is 20.8. The average Bonchev–Trinajstić information content (AvgIpc) is 3.42. The van der Waals surface area contributed by atoms with Gasteiger partial charge in [-0.25, -0.2) is 0 Å². The molecule has 0 radical (unpaired) electrons. The molecule has 1 aliphatic heterocycles. The van der Waals surface area contributed by atoms with Crippen molar-refractivity contribution in [2.24, 2.45) is 4.99 Å². The maximum absolute atomic E-state index is 4.54. The first kappa shape index (κ1) is 17.3. The van der Waals surface area contributed by atoms with E-state index in [0.29, 0.717) is 5.92 Å². The zero-order chi connectivity index (χ0) is 17.9. The Kier molecular flexibility index (Phi) is 5.08. The summed E-state index contributed by atoms with van der Waals surface area (Å²) in [7, 11) is 0. The van der Waals surface area contributed by atoms with Crippen molar-refractivity contribution in [2.45, 2.75) is 44.4 Å². The highest BCUT2D eigenvalue weighted by molar-refractivity contribution is 9.12. The van der Waals surface area contributed by atoms with Gasteiger partial charge in [0.2, 0.25) is 0 Å². The van der Waals surface area contributed by atoms with E-state index < -0.39 is 0 Å². The number of nitrogens with zero attached hydrogens (tertiary/aromatic N) is 2. The summed E-state index contributed by atoms with van der Waals surface area (Å²) in [6, 6.07) is 12.8. The number of H-pyrrole nitrogens is 1. The monoisotopic (exact) mass is 414 g/mol. The van der Waals surface area contributed by atoms with E-state index >= 15 is 0 Å². The highest BCUT2D eigenvalue weighted by Crippen LogP contribution is 2.39. The molecule has 4 N–H and O–H groups in total. The smallest absolute Gasteiger partial charge is 0.175 e. The van der Waals surface area contributed by atoms with Gasteiger partial charge in [-0.3, -0.25) is 15.4 Å². The number of aromatic amines is 1. The molecule has 2 atom stereocenters. The van der Waals surface area contributed by atoms with Crippen LogP contribution in [0.3, 0.4) is 0 Å². The third-order valence-corrected chi connectivity index (χ3v) is 5.30. The molecule has 1 aliphatic carbocycles. The number of halogens is 1. The molecular weight excluding hydrogens is 392 g/mol. The van der Waals surface area contributed by atoms with Crippen molar-refractivity contribution in [1.82, 2.24) is 20.8 Å². The van der Waals surface area contributed by atoms with Crippen molar-refractivity contribution in [3.63, 3.8) is 0 Å². The Labute approximate surface area is 161 Å². The van der Waals surface area contributed by atoms with Gasteiger partial charge in [0, 0.05) is 29.9 Å². The first-order valence-corrected chi connectivity index (χ1v) is 9.85. The van der Waals surface area contributed by atoms with E-state index in [0.717, 1.165) is 22.5 Å². The molecule has 4 rings (SSSR count). The highest BCUT2D eigenvalue weighted by Gasteiger charge is 2.26. The van der Waals surface area contributed by atoms with Crippen molar-refractivity contribution >= 4 is 28.0 Å². The second-order valence-electron chi connectivity index (χ2n) is 6.69. The van der Waals surface area contributed by atoms with Crippen molar-refractivity contribution in [1.29, 1.82) is 0 Å². The third-order valence-electron chi connectivity index (χ3n) is 4.69. The van der Waals surface area contributed by atoms with Crippen LogP contribution in [-0.2, 0) is 0 Å². The lowest BCUT2D eigenvalue weighted by molar-refractivity contribution is 0.399. The van der Waals surface area contributed by atoms with Crippen LogP contribution in [0, 0.1) is 0 Å². The largest absolute Gasteiger partial charge is 0.337 e. The minimum atomic E-state index is -0.203. The molecule has 0 bridgehead atoms. The quantitative estimate of drug-likeness (QED) is 0.552. The highest BCUT2D eigenvalue weighted by atomic mass is 79.9. The van der Waals surface area contributed by atoms with Gasteiger partial charge in [-0.1, -0.05) is 37.3 Å². The number of rotatable bonds is 7. The lowest BCUT2D eigenvalue weighted by Crippen LogP contribution is -2.45. The van der Waals surface area contributed by atoms with E-state index in [9.17, 15) is 0 Å². The zero-order valence-corrected chi connectivity index (χ0v) is 16.3. The second-order valence-corrected chi connectivity index (χ2v) is 7.55. The van der Waals surface area contributed by atoms with Gasteiger partial charge >= 0.3 is 0 Å². The van der Waals surface area contributed by atoms with E-state index in [4.69, 9.17) is 0 Å². The lowest BCUT2D eigenvalue weighted by Gasteiger charge is -2.28. The summed E-state index contributed by atoms with van der Waals surface area (Å²) in [6.07, 6.45) is 5.11. The predicted octanol–water partition coefficient (Wildman–Crippen LogP) is 3.96. The molecule has 2 unspecified atom stereocenters. The molecule has 2 aromatic rings. The Balaban J connectivity index is 1.41. The summed E-state index contributed by atoms with van der Waals surface area (Å²) in [5.41, 5.74) is 2.47. The second kappa shape index (κ2) is 7.63. The molecular formula is C19H23BrN6. The Morgan fingerprint density at radius 3 is 2.81 bits per heavy atom. The fourth-order valence-corrected chi connectivity index (χ4v) is 3.42. The summed E-state index contributed by atoms with van der Waals surface area (Å²) in [5.74, 6) is 2.33. The van der Waals surface area contributed by atoms with Gasteiger partial charge in [-0.05, 0) is 40.8 Å². The van der Waals surface area contributed by atoms with E-state index in [1.54, 1.807) is 0 Å². The summed E-state index contributed by atoms with van der Waals surface area (Å²) in [4.78, 5) is 4.54.